The van der Waals surface area contributed by atoms with Crippen molar-refractivity contribution >= 4 is 6.09 Å². The van der Waals surface area contributed by atoms with Gasteiger partial charge in [0.15, 0.2) is 17.4 Å². The highest BCUT2D eigenvalue weighted by Gasteiger charge is 2.32. The molecular weight excluding hydrogens is 299 g/mol. The molecule has 2 rings (SSSR count). The fourth-order valence-corrected chi connectivity index (χ4v) is 2.12. The molecule has 1 aliphatic rings. The summed E-state index contributed by atoms with van der Waals surface area (Å²) in [4.78, 5) is 13.3. The van der Waals surface area contributed by atoms with Crippen molar-refractivity contribution in [2.45, 2.75) is 38.9 Å². The summed E-state index contributed by atoms with van der Waals surface area (Å²) in [6.07, 6.45) is -0.657. The predicted molar refractivity (Wildman–Crippen MR) is 73.2 cm³/mol. The van der Waals surface area contributed by atoms with Gasteiger partial charge in [-0.25, -0.2) is 18.0 Å². The maximum Gasteiger partial charge on any atom is 0.410 e. The van der Waals surface area contributed by atoms with Crippen LogP contribution in [0.4, 0.5) is 18.0 Å². The number of carbonyl (C=O) groups is 1. The average Bonchev–Trinajstić information content (AvgIpc) is 2.80. The Bertz CT molecular complexity index is 549. The number of carbonyl (C=O) groups excluding carboxylic acids is 1. The lowest BCUT2D eigenvalue weighted by Crippen LogP contribution is -2.36. The smallest absolute Gasteiger partial charge is 0.410 e. The van der Waals surface area contributed by atoms with Crippen molar-refractivity contribution in [3.05, 3.63) is 29.6 Å². The van der Waals surface area contributed by atoms with Crippen molar-refractivity contribution in [1.82, 2.24) is 4.90 Å². The van der Waals surface area contributed by atoms with E-state index in [0.29, 0.717) is 25.1 Å². The van der Waals surface area contributed by atoms with Crippen LogP contribution >= 0.6 is 0 Å². The van der Waals surface area contributed by atoms with E-state index in [1.165, 1.54) is 4.90 Å². The van der Waals surface area contributed by atoms with Crippen LogP contribution in [0, 0.1) is 17.5 Å². The van der Waals surface area contributed by atoms with E-state index in [2.05, 4.69) is 0 Å². The van der Waals surface area contributed by atoms with Crippen LogP contribution < -0.4 is 4.74 Å². The molecule has 0 unspecified atom stereocenters. The van der Waals surface area contributed by atoms with Crippen molar-refractivity contribution in [2.24, 2.45) is 0 Å². The van der Waals surface area contributed by atoms with Gasteiger partial charge in [-0.15, -0.1) is 0 Å². The number of hydrogen-bond donors (Lipinski definition) is 0. The van der Waals surface area contributed by atoms with E-state index in [1.54, 1.807) is 20.8 Å². The summed E-state index contributed by atoms with van der Waals surface area (Å²) in [7, 11) is 0. The van der Waals surface area contributed by atoms with Crippen LogP contribution in [0.2, 0.25) is 0 Å². The number of halogens is 3. The second-order valence-corrected chi connectivity index (χ2v) is 6.15. The Morgan fingerprint density at radius 1 is 1.23 bits per heavy atom. The van der Waals surface area contributed by atoms with Gasteiger partial charge in [0.25, 0.3) is 0 Å². The molecule has 7 heteroatoms. The Hall–Kier alpha value is -1.92. The van der Waals surface area contributed by atoms with Gasteiger partial charge in [0.1, 0.15) is 17.5 Å². The third kappa shape index (κ3) is 4.05. The quantitative estimate of drug-likeness (QED) is 0.838. The van der Waals surface area contributed by atoms with Gasteiger partial charge in [0.2, 0.25) is 0 Å². The van der Waals surface area contributed by atoms with Gasteiger partial charge in [-0.3, -0.25) is 0 Å². The molecule has 4 nitrogen and oxygen atoms in total. The third-order valence-electron chi connectivity index (χ3n) is 3.04. The second-order valence-electron chi connectivity index (χ2n) is 6.15. The minimum absolute atomic E-state index is 0.158. The highest BCUT2D eigenvalue weighted by molar-refractivity contribution is 5.68. The molecule has 22 heavy (non-hydrogen) atoms. The highest BCUT2D eigenvalue weighted by atomic mass is 19.1. The number of amides is 1. The van der Waals surface area contributed by atoms with Gasteiger partial charge >= 0.3 is 6.09 Å². The Labute approximate surface area is 126 Å². The minimum Gasteiger partial charge on any atom is -0.482 e. The summed E-state index contributed by atoms with van der Waals surface area (Å²) >= 11 is 0. The maximum atomic E-state index is 13.5. The van der Waals surface area contributed by atoms with Crippen molar-refractivity contribution < 1.29 is 27.4 Å². The van der Waals surface area contributed by atoms with E-state index in [0.717, 1.165) is 0 Å². The molecule has 1 aromatic carbocycles. The van der Waals surface area contributed by atoms with Gasteiger partial charge in [-0.1, -0.05) is 0 Å². The van der Waals surface area contributed by atoms with Crippen LogP contribution in [-0.4, -0.2) is 35.8 Å². The first-order chi connectivity index (χ1) is 10.2. The third-order valence-corrected chi connectivity index (χ3v) is 3.04. The van der Waals surface area contributed by atoms with E-state index in [9.17, 15) is 18.0 Å². The molecule has 1 aliphatic heterocycles. The van der Waals surface area contributed by atoms with E-state index >= 15 is 0 Å². The maximum absolute atomic E-state index is 13.5. The first-order valence-electron chi connectivity index (χ1n) is 6.95. The number of nitrogens with zero attached hydrogens (tertiary/aromatic N) is 1. The molecule has 1 heterocycles. The lowest BCUT2D eigenvalue weighted by molar-refractivity contribution is 0.0274. The molecule has 0 saturated carbocycles. The molecule has 0 spiro atoms. The zero-order valence-corrected chi connectivity index (χ0v) is 12.7. The first-order valence-corrected chi connectivity index (χ1v) is 6.95. The lowest BCUT2D eigenvalue weighted by Gasteiger charge is -2.24. The summed E-state index contributed by atoms with van der Waals surface area (Å²) in [5.74, 6) is -3.84. The van der Waals surface area contributed by atoms with Crippen molar-refractivity contribution in [3.8, 4) is 5.75 Å². The van der Waals surface area contributed by atoms with Gasteiger partial charge in [-0.2, -0.15) is 0 Å². The Morgan fingerprint density at radius 2 is 1.82 bits per heavy atom. The van der Waals surface area contributed by atoms with Crippen molar-refractivity contribution in [2.75, 3.05) is 13.1 Å². The first kappa shape index (κ1) is 16.5. The summed E-state index contributed by atoms with van der Waals surface area (Å²) < 4.78 is 50.4. The van der Waals surface area contributed by atoms with Gasteiger partial charge in [-0.05, 0) is 20.8 Å². The van der Waals surface area contributed by atoms with Crippen LogP contribution in [0.25, 0.3) is 0 Å². The fraction of sp³-hybridized carbons (Fsp3) is 0.533. The molecule has 0 aromatic heterocycles. The fourth-order valence-electron chi connectivity index (χ4n) is 2.12. The topological polar surface area (TPSA) is 38.8 Å². The van der Waals surface area contributed by atoms with Crippen LogP contribution in [0.5, 0.6) is 5.75 Å². The SMILES string of the molecule is CC(C)(C)OC(=O)N1CC[C@H](Oc2c(F)cc(F)cc2F)C1. The predicted octanol–water partition coefficient (Wildman–Crippen LogP) is 3.49. The number of likely N-dealkylation sites (tertiary alicyclic amines) is 1. The van der Waals surface area contributed by atoms with E-state index in [-0.39, 0.29) is 6.54 Å². The molecular formula is C15H18F3NO3. The largest absolute Gasteiger partial charge is 0.482 e. The molecule has 1 fully saturated rings. The van der Waals surface area contributed by atoms with Gasteiger partial charge < -0.3 is 14.4 Å². The molecule has 0 N–H and O–H groups in total. The summed E-state index contributed by atoms with van der Waals surface area (Å²) in [6, 6.07) is 1.11. The van der Waals surface area contributed by atoms with E-state index < -0.39 is 41.0 Å². The van der Waals surface area contributed by atoms with Crippen LogP contribution in [0.3, 0.4) is 0 Å². The summed E-state index contributed by atoms with van der Waals surface area (Å²) in [5.41, 5.74) is -0.620. The van der Waals surface area contributed by atoms with Crippen LogP contribution in [0.1, 0.15) is 27.2 Å². The Kier molecular flexibility index (Phi) is 4.53. The average molecular weight is 317 g/mol. The monoisotopic (exact) mass is 317 g/mol. The van der Waals surface area contributed by atoms with Gasteiger partial charge in [0.05, 0.1) is 6.54 Å². The standard InChI is InChI=1S/C15H18F3NO3/c1-15(2,3)22-14(20)19-5-4-10(8-19)21-13-11(17)6-9(16)7-12(13)18/h6-7,10H,4-5,8H2,1-3H3/t10-/m0/s1. The number of rotatable bonds is 2. The number of ether oxygens (including phenoxy) is 2. The Balaban J connectivity index is 1.99. The molecule has 1 amide bonds. The van der Waals surface area contributed by atoms with Crippen LogP contribution in [0.15, 0.2) is 12.1 Å². The zero-order chi connectivity index (χ0) is 16.5. The van der Waals surface area contributed by atoms with Gasteiger partial charge in [0, 0.05) is 25.1 Å². The molecule has 122 valence electrons. The lowest BCUT2D eigenvalue weighted by atomic mass is 10.2. The summed E-state index contributed by atoms with van der Waals surface area (Å²) in [6.45, 7) is 5.77. The summed E-state index contributed by atoms with van der Waals surface area (Å²) in [5, 5.41) is 0. The number of hydrogen-bond acceptors (Lipinski definition) is 3. The zero-order valence-electron chi connectivity index (χ0n) is 12.7. The minimum atomic E-state index is -1.10. The normalized spacial score (nSPS) is 18.5. The second kappa shape index (κ2) is 6.06. The molecule has 0 radical (unpaired) electrons. The molecule has 0 bridgehead atoms. The van der Waals surface area contributed by atoms with Crippen molar-refractivity contribution in [3.63, 3.8) is 0 Å². The van der Waals surface area contributed by atoms with E-state index in [4.69, 9.17) is 9.47 Å². The highest BCUT2D eigenvalue weighted by Crippen LogP contribution is 2.26. The van der Waals surface area contributed by atoms with Crippen LogP contribution in [-0.2, 0) is 4.74 Å². The van der Waals surface area contributed by atoms with Crippen molar-refractivity contribution in [1.29, 1.82) is 0 Å². The molecule has 0 aliphatic carbocycles. The molecule has 1 saturated heterocycles. The number of benzene rings is 1. The Morgan fingerprint density at radius 3 is 2.36 bits per heavy atom. The molecule has 1 atom stereocenters. The molecule has 1 aromatic rings. The van der Waals surface area contributed by atoms with E-state index in [1.807, 2.05) is 0 Å².